The predicted octanol–water partition coefficient (Wildman–Crippen LogP) is 3.86. The lowest BCUT2D eigenvalue weighted by molar-refractivity contribution is 0.0198. The minimum absolute atomic E-state index is 0.541. The van der Waals surface area contributed by atoms with Gasteiger partial charge in [-0.1, -0.05) is 49.8 Å². The van der Waals surface area contributed by atoms with Crippen molar-refractivity contribution in [2.75, 3.05) is 39.6 Å². The van der Waals surface area contributed by atoms with Crippen LogP contribution < -0.4 is 0 Å². The van der Waals surface area contributed by atoms with E-state index in [2.05, 4.69) is 38.6 Å². The molecule has 1 rings (SSSR count). The normalized spacial score (nSPS) is 10.8. The molecular weight excluding hydrogens is 264 g/mol. The fraction of sp³-hybridized carbons (Fsp3) is 0.556. The zero-order valence-electron chi connectivity index (χ0n) is 13.4. The van der Waals surface area contributed by atoms with Crippen molar-refractivity contribution < 1.29 is 14.2 Å². The Morgan fingerprint density at radius 3 is 2.33 bits per heavy atom. The van der Waals surface area contributed by atoms with Gasteiger partial charge in [-0.05, 0) is 24.5 Å². The molecule has 118 valence electrons. The summed E-state index contributed by atoms with van der Waals surface area (Å²) in [4.78, 5) is 0. The zero-order valence-corrected chi connectivity index (χ0v) is 13.4. The van der Waals surface area contributed by atoms with Crippen LogP contribution in [0.3, 0.4) is 0 Å². The van der Waals surface area contributed by atoms with Gasteiger partial charge >= 0.3 is 0 Å². The first kappa shape index (κ1) is 17.9. The highest BCUT2D eigenvalue weighted by Gasteiger charge is 1.99. The molecule has 0 amide bonds. The lowest BCUT2D eigenvalue weighted by Gasteiger charge is -2.09. The molecule has 0 saturated carbocycles. The minimum atomic E-state index is 0.541. The highest BCUT2D eigenvalue weighted by atomic mass is 16.5. The van der Waals surface area contributed by atoms with Gasteiger partial charge in [-0.2, -0.15) is 0 Å². The molecule has 1 aromatic carbocycles. The maximum absolute atomic E-state index is 5.57. The smallest absolute Gasteiger partial charge is 0.0718 e. The SMILES string of the molecule is C=C(COCCOCCOCCCC)c1cccc(C)c1. The van der Waals surface area contributed by atoms with Crippen LogP contribution in [0.25, 0.3) is 5.57 Å². The van der Waals surface area contributed by atoms with Crippen molar-refractivity contribution in [3.05, 3.63) is 42.0 Å². The molecule has 0 N–H and O–H groups in total. The lowest BCUT2D eigenvalue weighted by Crippen LogP contribution is -2.10. The first-order valence-electron chi connectivity index (χ1n) is 7.72. The summed E-state index contributed by atoms with van der Waals surface area (Å²) in [6, 6.07) is 8.30. The quantitative estimate of drug-likeness (QED) is 0.548. The van der Waals surface area contributed by atoms with E-state index < -0.39 is 0 Å². The average Bonchev–Trinajstić information content (AvgIpc) is 2.49. The van der Waals surface area contributed by atoms with Crippen molar-refractivity contribution in [3.63, 3.8) is 0 Å². The molecule has 1 aromatic rings. The minimum Gasteiger partial charge on any atom is -0.379 e. The summed E-state index contributed by atoms with van der Waals surface area (Å²) in [5.41, 5.74) is 3.38. The number of hydrogen-bond donors (Lipinski definition) is 0. The second-order valence-corrected chi connectivity index (χ2v) is 5.10. The van der Waals surface area contributed by atoms with Crippen LogP contribution >= 0.6 is 0 Å². The molecule has 0 atom stereocenters. The number of ether oxygens (including phenoxy) is 3. The fourth-order valence-corrected chi connectivity index (χ4v) is 1.83. The van der Waals surface area contributed by atoms with Crippen LogP contribution in [0.15, 0.2) is 30.8 Å². The molecule has 0 radical (unpaired) electrons. The summed E-state index contributed by atoms with van der Waals surface area (Å²) < 4.78 is 16.4. The Morgan fingerprint density at radius 1 is 1.00 bits per heavy atom. The number of hydrogen-bond acceptors (Lipinski definition) is 3. The zero-order chi connectivity index (χ0) is 15.3. The van der Waals surface area contributed by atoms with Crippen LogP contribution in [0, 0.1) is 6.92 Å². The third-order valence-electron chi connectivity index (χ3n) is 3.09. The average molecular weight is 292 g/mol. The van der Waals surface area contributed by atoms with Crippen LogP contribution in [0.2, 0.25) is 0 Å². The van der Waals surface area contributed by atoms with Crippen molar-refractivity contribution in [3.8, 4) is 0 Å². The Morgan fingerprint density at radius 2 is 1.67 bits per heavy atom. The van der Waals surface area contributed by atoms with Crippen molar-refractivity contribution in [1.29, 1.82) is 0 Å². The van der Waals surface area contributed by atoms with Gasteiger partial charge in [0.05, 0.1) is 33.0 Å². The summed E-state index contributed by atoms with van der Waals surface area (Å²) >= 11 is 0. The van der Waals surface area contributed by atoms with Gasteiger partial charge in [-0.3, -0.25) is 0 Å². The summed E-state index contributed by atoms with van der Waals surface area (Å²) in [6.45, 7) is 12.1. The standard InChI is InChI=1S/C18H28O3/c1-4-5-9-19-10-11-20-12-13-21-15-17(3)18-8-6-7-16(2)14-18/h6-8,14H,3-5,9-13,15H2,1-2H3. The van der Waals surface area contributed by atoms with E-state index in [4.69, 9.17) is 14.2 Å². The molecule has 0 aliphatic carbocycles. The second-order valence-electron chi connectivity index (χ2n) is 5.10. The summed E-state index contributed by atoms with van der Waals surface area (Å²) in [5, 5.41) is 0. The number of unbranched alkanes of at least 4 members (excludes halogenated alkanes) is 1. The Hall–Kier alpha value is -1.16. The van der Waals surface area contributed by atoms with E-state index in [1.807, 2.05) is 6.07 Å². The van der Waals surface area contributed by atoms with Crippen molar-refractivity contribution >= 4 is 5.57 Å². The van der Waals surface area contributed by atoms with E-state index >= 15 is 0 Å². The molecule has 0 bridgehead atoms. The molecule has 0 aliphatic heterocycles. The molecule has 0 unspecified atom stereocenters. The molecule has 0 heterocycles. The van der Waals surface area contributed by atoms with E-state index in [0.29, 0.717) is 33.0 Å². The third kappa shape index (κ3) is 8.66. The highest BCUT2D eigenvalue weighted by Crippen LogP contribution is 2.13. The van der Waals surface area contributed by atoms with Gasteiger partial charge in [0.1, 0.15) is 0 Å². The molecule has 0 aliphatic rings. The van der Waals surface area contributed by atoms with Gasteiger partial charge in [-0.25, -0.2) is 0 Å². The Labute approximate surface area is 128 Å². The molecule has 0 fully saturated rings. The Balaban J connectivity index is 1.98. The molecule has 0 aromatic heterocycles. The summed E-state index contributed by atoms with van der Waals surface area (Å²) in [5.74, 6) is 0. The monoisotopic (exact) mass is 292 g/mol. The van der Waals surface area contributed by atoms with Crippen molar-refractivity contribution in [1.82, 2.24) is 0 Å². The predicted molar refractivity (Wildman–Crippen MR) is 87.6 cm³/mol. The van der Waals surface area contributed by atoms with Gasteiger partial charge in [-0.15, -0.1) is 0 Å². The molecule has 0 saturated heterocycles. The first-order valence-corrected chi connectivity index (χ1v) is 7.72. The summed E-state index contributed by atoms with van der Waals surface area (Å²) in [7, 11) is 0. The second kappa shape index (κ2) is 11.5. The van der Waals surface area contributed by atoms with Crippen molar-refractivity contribution in [2.24, 2.45) is 0 Å². The summed E-state index contributed by atoms with van der Waals surface area (Å²) in [6.07, 6.45) is 2.28. The Bertz CT molecular complexity index is 401. The number of benzene rings is 1. The van der Waals surface area contributed by atoms with Crippen LogP contribution in [0.1, 0.15) is 30.9 Å². The van der Waals surface area contributed by atoms with Gasteiger partial charge in [0.25, 0.3) is 0 Å². The van der Waals surface area contributed by atoms with Gasteiger partial charge < -0.3 is 14.2 Å². The van der Waals surface area contributed by atoms with Crippen molar-refractivity contribution in [2.45, 2.75) is 26.7 Å². The molecular formula is C18H28O3. The van der Waals surface area contributed by atoms with Gasteiger partial charge in [0, 0.05) is 6.61 Å². The van der Waals surface area contributed by atoms with E-state index in [-0.39, 0.29) is 0 Å². The number of aryl methyl sites for hydroxylation is 1. The van der Waals surface area contributed by atoms with Crippen LogP contribution in [-0.4, -0.2) is 39.6 Å². The maximum Gasteiger partial charge on any atom is 0.0718 e. The first-order chi connectivity index (χ1) is 10.2. The van der Waals surface area contributed by atoms with Gasteiger partial charge in [0.2, 0.25) is 0 Å². The van der Waals surface area contributed by atoms with E-state index in [1.165, 1.54) is 12.0 Å². The maximum atomic E-state index is 5.57. The molecule has 3 heteroatoms. The van der Waals surface area contributed by atoms with E-state index in [0.717, 1.165) is 24.2 Å². The van der Waals surface area contributed by atoms with Crippen LogP contribution in [-0.2, 0) is 14.2 Å². The fourth-order valence-electron chi connectivity index (χ4n) is 1.83. The van der Waals surface area contributed by atoms with Crippen LogP contribution in [0.5, 0.6) is 0 Å². The number of rotatable bonds is 12. The Kier molecular flexibility index (Phi) is 9.79. The molecule has 21 heavy (non-hydrogen) atoms. The largest absolute Gasteiger partial charge is 0.379 e. The highest BCUT2D eigenvalue weighted by molar-refractivity contribution is 5.64. The van der Waals surface area contributed by atoms with E-state index in [9.17, 15) is 0 Å². The van der Waals surface area contributed by atoms with Gasteiger partial charge in [0.15, 0.2) is 0 Å². The topological polar surface area (TPSA) is 27.7 Å². The lowest BCUT2D eigenvalue weighted by atomic mass is 10.1. The van der Waals surface area contributed by atoms with E-state index in [1.54, 1.807) is 0 Å². The molecule has 0 spiro atoms. The molecule has 3 nitrogen and oxygen atoms in total. The third-order valence-corrected chi connectivity index (χ3v) is 3.09. The van der Waals surface area contributed by atoms with Crippen LogP contribution in [0.4, 0.5) is 0 Å².